The van der Waals surface area contributed by atoms with Crippen molar-refractivity contribution in [2.75, 3.05) is 27.9 Å². The van der Waals surface area contributed by atoms with Crippen molar-refractivity contribution < 1.29 is 28.6 Å². The van der Waals surface area contributed by atoms with E-state index in [1.807, 2.05) is 4.90 Å². The molecule has 1 aliphatic heterocycles. The third kappa shape index (κ3) is 4.34. The molecule has 0 N–H and O–H groups in total. The summed E-state index contributed by atoms with van der Waals surface area (Å²) >= 11 is 0. The van der Waals surface area contributed by atoms with Gasteiger partial charge in [0.1, 0.15) is 17.4 Å². The van der Waals surface area contributed by atoms with Crippen LogP contribution in [-0.4, -0.2) is 61.7 Å². The first-order valence-corrected chi connectivity index (χ1v) is 7.70. The molecule has 8 heteroatoms. The van der Waals surface area contributed by atoms with E-state index in [1.54, 1.807) is 12.3 Å². The summed E-state index contributed by atoms with van der Waals surface area (Å²) in [6.45, 7) is 0.717. The lowest BCUT2D eigenvalue weighted by molar-refractivity contribution is -0.144. The van der Waals surface area contributed by atoms with Crippen molar-refractivity contribution in [3.05, 3.63) is 35.3 Å². The predicted octanol–water partition coefficient (Wildman–Crippen LogP) is 1.26. The van der Waals surface area contributed by atoms with E-state index in [9.17, 15) is 14.4 Å². The minimum absolute atomic E-state index is 0.00371. The predicted molar refractivity (Wildman–Crippen MR) is 87.7 cm³/mol. The first-order valence-electron chi connectivity index (χ1n) is 7.70. The molecular formula is C17H20N2O6. The second-order valence-electron chi connectivity index (χ2n) is 5.39. The third-order valence-corrected chi connectivity index (χ3v) is 3.86. The number of carbonyl (C=O) groups excluding carboxylic acids is 3. The number of nitrogens with zero attached hydrogens (tertiary/aromatic N) is 2. The standard InChI is InChI=1S/C17H20N2O6/c1-23-15(20)12-9-11(10-13(18-12)16(21)24-2)6-8-19-7-4-5-14(19)17(22)25-3/h6,8-10,14H,4-5,7H2,1-3H3/t14-/m1/s1. The van der Waals surface area contributed by atoms with E-state index in [1.165, 1.54) is 33.5 Å². The van der Waals surface area contributed by atoms with Gasteiger partial charge in [0.2, 0.25) is 0 Å². The van der Waals surface area contributed by atoms with Crippen LogP contribution in [0.5, 0.6) is 0 Å². The Balaban J connectivity index is 2.29. The van der Waals surface area contributed by atoms with E-state index in [4.69, 9.17) is 4.74 Å². The quantitative estimate of drug-likeness (QED) is 0.580. The number of hydrogen-bond donors (Lipinski definition) is 0. The lowest BCUT2D eigenvalue weighted by atomic mass is 10.1. The fourth-order valence-corrected chi connectivity index (χ4v) is 2.60. The van der Waals surface area contributed by atoms with Crippen molar-refractivity contribution in [3.8, 4) is 0 Å². The summed E-state index contributed by atoms with van der Waals surface area (Å²) in [6.07, 6.45) is 5.03. The van der Waals surface area contributed by atoms with Gasteiger partial charge in [-0.25, -0.2) is 19.4 Å². The Hall–Kier alpha value is -2.90. The molecular weight excluding hydrogens is 328 g/mol. The van der Waals surface area contributed by atoms with Gasteiger partial charge in [-0.1, -0.05) is 0 Å². The van der Waals surface area contributed by atoms with Crippen molar-refractivity contribution in [3.63, 3.8) is 0 Å². The van der Waals surface area contributed by atoms with Crippen LogP contribution in [0, 0.1) is 0 Å². The number of likely N-dealkylation sites (tertiary alicyclic amines) is 1. The summed E-state index contributed by atoms with van der Waals surface area (Å²) in [7, 11) is 3.82. The van der Waals surface area contributed by atoms with Crippen molar-refractivity contribution >= 4 is 24.0 Å². The molecule has 1 atom stereocenters. The first kappa shape index (κ1) is 18.4. The van der Waals surface area contributed by atoms with Gasteiger partial charge >= 0.3 is 17.9 Å². The maximum absolute atomic E-state index is 11.8. The Morgan fingerprint density at radius 3 is 2.20 bits per heavy atom. The normalized spacial score (nSPS) is 16.8. The van der Waals surface area contributed by atoms with Crippen LogP contribution in [0.15, 0.2) is 18.3 Å². The molecule has 0 bridgehead atoms. The van der Waals surface area contributed by atoms with E-state index in [-0.39, 0.29) is 23.4 Å². The van der Waals surface area contributed by atoms with Gasteiger partial charge in [0.15, 0.2) is 0 Å². The average molecular weight is 348 g/mol. The zero-order chi connectivity index (χ0) is 18.4. The van der Waals surface area contributed by atoms with Crippen molar-refractivity contribution in [2.24, 2.45) is 0 Å². The molecule has 0 radical (unpaired) electrons. The maximum Gasteiger partial charge on any atom is 0.356 e. The minimum Gasteiger partial charge on any atom is -0.467 e. The van der Waals surface area contributed by atoms with E-state index in [0.29, 0.717) is 12.0 Å². The van der Waals surface area contributed by atoms with Crippen LogP contribution in [0.3, 0.4) is 0 Å². The molecule has 0 amide bonds. The van der Waals surface area contributed by atoms with Crippen LogP contribution < -0.4 is 0 Å². The van der Waals surface area contributed by atoms with E-state index >= 15 is 0 Å². The molecule has 8 nitrogen and oxygen atoms in total. The highest BCUT2D eigenvalue weighted by Gasteiger charge is 2.29. The van der Waals surface area contributed by atoms with E-state index < -0.39 is 11.9 Å². The van der Waals surface area contributed by atoms with Gasteiger partial charge in [0.25, 0.3) is 0 Å². The van der Waals surface area contributed by atoms with Gasteiger partial charge < -0.3 is 19.1 Å². The molecule has 25 heavy (non-hydrogen) atoms. The number of pyridine rings is 1. The molecule has 1 aromatic rings. The van der Waals surface area contributed by atoms with Gasteiger partial charge in [0, 0.05) is 12.7 Å². The second-order valence-corrected chi connectivity index (χ2v) is 5.39. The number of carbonyl (C=O) groups is 3. The number of ether oxygens (including phenoxy) is 3. The van der Waals surface area contributed by atoms with Crippen LogP contribution >= 0.6 is 0 Å². The van der Waals surface area contributed by atoms with Crippen molar-refractivity contribution in [1.82, 2.24) is 9.88 Å². The lowest BCUT2D eigenvalue weighted by Gasteiger charge is -2.20. The fraction of sp³-hybridized carbons (Fsp3) is 0.412. The van der Waals surface area contributed by atoms with E-state index in [0.717, 1.165) is 13.0 Å². The molecule has 0 saturated carbocycles. The smallest absolute Gasteiger partial charge is 0.356 e. The second kappa shape index (κ2) is 8.27. The Labute approximate surface area is 145 Å². The summed E-state index contributed by atoms with van der Waals surface area (Å²) in [5, 5.41) is 0. The van der Waals surface area contributed by atoms with Crippen LogP contribution in [0.2, 0.25) is 0 Å². The van der Waals surface area contributed by atoms with Crippen LogP contribution in [0.25, 0.3) is 6.08 Å². The zero-order valence-corrected chi connectivity index (χ0v) is 14.4. The molecule has 2 heterocycles. The Kier molecular flexibility index (Phi) is 6.10. The van der Waals surface area contributed by atoms with Gasteiger partial charge in [0.05, 0.1) is 21.3 Å². The number of aromatic nitrogens is 1. The van der Waals surface area contributed by atoms with Gasteiger partial charge in [-0.05, 0) is 36.6 Å². The van der Waals surface area contributed by atoms with Gasteiger partial charge in [-0.15, -0.1) is 0 Å². The highest BCUT2D eigenvalue weighted by atomic mass is 16.5. The molecule has 0 aliphatic carbocycles. The summed E-state index contributed by atoms with van der Waals surface area (Å²) in [5.41, 5.74) is 0.554. The summed E-state index contributed by atoms with van der Waals surface area (Å²) in [6, 6.07) is 2.67. The monoisotopic (exact) mass is 348 g/mol. The number of rotatable bonds is 5. The summed E-state index contributed by atoms with van der Waals surface area (Å²) in [5.74, 6) is -1.61. The number of hydrogen-bond acceptors (Lipinski definition) is 8. The topological polar surface area (TPSA) is 95.0 Å². The molecule has 2 rings (SSSR count). The van der Waals surface area contributed by atoms with Crippen molar-refractivity contribution in [1.29, 1.82) is 0 Å². The van der Waals surface area contributed by atoms with Crippen molar-refractivity contribution in [2.45, 2.75) is 18.9 Å². The molecule has 0 unspecified atom stereocenters. The molecule has 0 aromatic carbocycles. The third-order valence-electron chi connectivity index (χ3n) is 3.86. The summed E-state index contributed by atoms with van der Waals surface area (Å²) in [4.78, 5) is 41.0. The van der Waals surface area contributed by atoms with E-state index in [2.05, 4.69) is 14.5 Å². The summed E-state index contributed by atoms with van der Waals surface area (Å²) < 4.78 is 14.1. The molecule has 0 spiro atoms. The minimum atomic E-state index is -0.658. The molecule has 1 aliphatic rings. The molecule has 1 fully saturated rings. The van der Waals surface area contributed by atoms with Crippen LogP contribution in [0.1, 0.15) is 39.4 Å². The number of methoxy groups -OCH3 is 3. The lowest BCUT2D eigenvalue weighted by Crippen LogP contribution is -2.32. The first-order chi connectivity index (χ1) is 12.0. The molecule has 1 aromatic heterocycles. The SMILES string of the molecule is COC(=O)c1cc(C=CN2CCC[C@@H]2C(=O)OC)cc(C(=O)OC)n1. The Morgan fingerprint density at radius 1 is 1.08 bits per heavy atom. The zero-order valence-electron chi connectivity index (χ0n) is 14.4. The molecule has 134 valence electrons. The largest absolute Gasteiger partial charge is 0.467 e. The Bertz CT molecular complexity index is 666. The molecule has 1 saturated heterocycles. The van der Waals surface area contributed by atoms with Crippen LogP contribution in [0.4, 0.5) is 0 Å². The fourth-order valence-electron chi connectivity index (χ4n) is 2.60. The highest BCUT2D eigenvalue weighted by Crippen LogP contribution is 2.20. The van der Waals surface area contributed by atoms with Gasteiger partial charge in [-0.3, -0.25) is 0 Å². The average Bonchev–Trinajstić information content (AvgIpc) is 3.12. The maximum atomic E-state index is 11.8. The highest BCUT2D eigenvalue weighted by molar-refractivity contribution is 5.92. The number of esters is 3. The van der Waals surface area contributed by atoms with Crippen LogP contribution in [-0.2, 0) is 19.0 Å². The Morgan fingerprint density at radius 2 is 1.68 bits per heavy atom. The van der Waals surface area contributed by atoms with Gasteiger partial charge in [-0.2, -0.15) is 0 Å².